The number of hydrogen-bond acceptors (Lipinski definition) is 5. The highest BCUT2D eigenvalue weighted by Gasteiger charge is 2.29. The molecule has 1 aliphatic rings. The quantitative estimate of drug-likeness (QED) is 0.621. The molecular formula is C24H28N2O6. The first-order chi connectivity index (χ1) is 15.3. The molecule has 0 fully saturated rings. The number of ether oxygens (including phenoxy) is 2. The van der Waals surface area contributed by atoms with E-state index in [9.17, 15) is 14.4 Å². The van der Waals surface area contributed by atoms with Crippen molar-refractivity contribution >= 4 is 18.0 Å². The summed E-state index contributed by atoms with van der Waals surface area (Å²) >= 11 is 0. The van der Waals surface area contributed by atoms with Gasteiger partial charge in [-0.05, 0) is 29.2 Å². The van der Waals surface area contributed by atoms with Gasteiger partial charge in [0.25, 0.3) is 0 Å². The monoisotopic (exact) mass is 440 g/mol. The highest BCUT2D eigenvalue weighted by atomic mass is 16.5. The van der Waals surface area contributed by atoms with Gasteiger partial charge >= 0.3 is 12.1 Å². The van der Waals surface area contributed by atoms with Crippen LogP contribution >= 0.6 is 0 Å². The molecule has 8 nitrogen and oxygen atoms in total. The Labute approximate surface area is 187 Å². The molecular weight excluding hydrogens is 412 g/mol. The average molecular weight is 440 g/mol. The van der Waals surface area contributed by atoms with Crippen molar-refractivity contribution in [1.82, 2.24) is 10.2 Å². The number of carbonyl (C=O) groups excluding carboxylic acids is 2. The summed E-state index contributed by atoms with van der Waals surface area (Å²) in [6.07, 6.45) is -1.27. The predicted octanol–water partition coefficient (Wildman–Crippen LogP) is 2.86. The topological polar surface area (TPSA) is 105 Å². The van der Waals surface area contributed by atoms with Gasteiger partial charge in [-0.25, -0.2) is 9.59 Å². The summed E-state index contributed by atoms with van der Waals surface area (Å²) in [5.74, 6) is -1.52. The van der Waals surface area contributed by atoms with Crippen molar-refractivity contribution in [3.05, 3.63) is 59.7 Å². The molecule has 0 heterocycles. The van der Waals surface area contributed by atoms with Crippen molar-refractivity contribution in [1.29, 1.82) is 0 Å². The van der Waals surface area contributed by atoms with Crippen molar-refractivity contribution in [2.24, 2.45) is 0 Å². The second kappa shape index (κ2) is 10.3. The van der Waals surface area contributed by atoms with Crippen LogP contribution in [-0.4, -0.2) is 67.4 Å². The summed E-state index contributed by atoms with van der Waals surface area (Å²) in [5.41, 5.74) is 4.54. The highest BCUT2D eigenvalue weighted by molar-refractivity contribution is 5.83. The van der Waals surface area contributed by atoms with E-state index in [-0.39, 0.29) is 31.4 Å². The maximum Gasteiger partial charge on any atom is 0.407 e. The molecule has 0 spiro atoms. The molecule has 2 atom stereocenters. The summed E-state index contributed by atoms with van der Waals surface area (Å²) in [4.78, 5) is 36.8. The fourth-order valence-corrected chi connectivity index (χ4v) is 3.81. The molecule has 0 bridgehead atoms. The normalized spacial score (nSPS) is 14.1. The number of carbonyl (C=O) groups is 3. The molecule has 2 aromatic carbocycles. The van der Waals surface area contributed by atoms with E-state index in [1.54, 1.807) is 0 Å². The second-order valence-corrected chi connectivity index (χ2v) is 7.79. The Morgan fingerprint density at radius 1 is 1.06 bits per heavy atom. The number of likely N-dealkylation sites (N-methyl/N-ethyl adjacent to an activating group) is 1. The van der Waals surface area contributed by atoms with Crippen molar-refractivity contribution in [2.75, 3.05) is 27.3 Å². The summed E-state index contributed by atoms with van der Waals surface area (Å²) in [6, 6.07) is 15.2. The van der Waals surface area contributed by atoms with Crippen molar-refractivity contribution in [2.45, 2.75) is 31.4 Å². The molecule has 8 heteroatoms. The summed E-state index contributed by atoms with van der Waals surface area (Å²) in [5, 5.41) is 11.7. The van der Waals surface area contributed by atoms with Gasteiger partial charge < -0.3 is 24.8 Å². The van der Waals surface area contributed by atoms with Gasteiger partial charge in [0.2, 0.25) is 5.91 Å². The molecule has 170 valence electrons. The predicted molar refractivity (Wildman–Crippen MR) is 118 cm³/mol. The summed E-state index contributed by atoms with van der Waals surface area (Å²) in [7, 11) is 2.85. The summed E-state index contributed by atoms with van der Waals surface area (Å²) < 4.78 is 10.7. The largest absolute Gasteiger partial charge is 0.480 e. The van der Waals surface area contributed by atoms with Crippen molar-refractivity contribution < 1.29 is 29.0 Å². The van der Waals surface area contributed by atoms with E-state index in [0.717, 1.165) is 27.2 Å². The smallest absolute Gasteiger partial charge is 0.407 e. The lowest BCUT2D eigenvalue weighted by Crippen LogP contribution is -2.43. The van der Waals surface area contributed by atoms with E-state index in [0.29, 0.717) is 0 Å². The van der Waals surface area contributed by atoms with Crippen LogP contribution in [0.5, 0.6) is 0 Å². The highest BCUT2D eigenvalue weighted by Crippen LogP contribution is 2.44. The number of methoxy groups -OCH3 is 1. The van der Waals surface area contributed by atoms with Crippen LogP contribution in [0.1, 0.15) is 30.4 Å². The molecule has 32 heavy (non-hydrogen) atoms. The number of amides is 2. The van der Waals surface area contributed by atoms with Gasteiger partial charge in [-0.15, -0.1) is 0 Å². The Morgan fingerprint density at radius 2 is 1.62 bits per heavy atom. The molecule has 0 aliphatic heterocycles. The van der Waals surface area contributed by atoms with E-state index in [1.807, 2.05) is 36.4 Å². The first-order valence-electron chi connectivity index (χ1n) is 10.4. The number of carboxylic acids is 1. The van der Waals surface area contributed by atoms with E-state index >= 15 is 0 Å². The molecule has 2 N–H and O–H groups in total. The van der Waals surface area contributed by atoms with Gasteiger partial charge in [-0.1, -0.05) is 48.5 Å². The molecule has 2 amide bonds. The molecule has 2 aromatic rings. The standard InChI is InChI=1S/C24H28N2O6/c1-15(23(28)29)26(2)22(27)12-16(31-3)13-25-24(30)32-14-21-19-10-6-4-8-17(19)18-9-5-7-11-20(18)21/h4-11,15-16,21H,12-14H2,1-3H3,(H,25,30)(H,28,29)/t15-,16?/m0/s1. The van der Waals surface area contributed by atoms with Crippen LogP contribution in [0.3, 0.4) is 0 Å². The lowest BCUT2D eigenvalue weighted by Gasteiger charge is -2.24. The van der Waals surface area contributed by atoms with Crippen LogP contribution < -0.4 is 5.32 Å². The van der Waals surface area contributed by atoms with E-state index in [1.165, 1.54) is 21.1 Å². The number of alkyl carbamates (subject to hydrolysis) is 1. The van der Waals surface area contributed by atoms with Gasteiger partial charge in [0.1, 0.15) is 12.6 Å². The van der Waals surface area contributed by atoms with Crippen LogP contribution in [0, 0.1) is 0 Å². The van der Waals surface area contributed by atoms with Crippen LogP contribution in [0.4, 0.5) is 4.79 Å². The zero-order valence-electron chi connectivity index (χ0n) is 18.4. The Morgan fingerprint density at radius 3 is 2.16 bits per heavy atom. The Kier molecular flexibility index (Phi) is 7.48. The molecule has 3 rings (SSSR count). The Balaban J connectivity index is 1.53. The number of carboxylic acid groups (broad SMARTS) is 1. The lowest BCUT2D eigenvalue weighted by molar-refractivity contribution is -0.149. The minimum Gasteiger partial charge on any atom is -0.480 e. The van der Waals surface area contributed by atoms with Crippen LogP contribution in [0.15, 0.2) is 48.5 Å². The van der Waals surface area contributed by atoms with Crippen molar-refractivity contribution in [3.63, 3.8) is 0 Å². The van der Waals surface area contributed by atoms with Crippen LogP contribution in [0.2, 0.25) is 0 Å². The molecule has 1 unspecified atom stereocenters. The fraction of sp³-hybridized carbons (Fsp3) is 0.375. The number of rotatable bonds is 9. The third-order valence-corrected chi connectivity index (χ3v) is 5.89. The van der Waals surface area contributed by atoms with Gasteiger partial charge in [0.05, 0.1) is 12.5 Å². The lowest BCUT2D eigenvalue weighted by atomic mass is 9.98. The van der Waals surface area contributed by atoms with Crippen LogP contribution in [-0.2, 0) is 19.1 Å². The Hall–Kier alpha value is -3.39. The zero-order valence-corrected chi connectivity index (χ0v) is 18.4. The van der Waals surface area contributed by atoms with Crippen LogP contribution in [0.25, 0.3) is 11.1 Å². The molecule has 0 saturated heterocycles. The number of hydrogen-bond donors (Lipinski definition) is 2. The second-order valence-electron chi connectivity index (χ2n) is 7.79. The minimum atomic E-state index is -1.09. The van der Waals surface area contributed by atoms with E-state index < -0.39 is 24.2 Å². The number of nitrogens with one attached hydrogen (secondary N) is 1. The molecule has 0 aromatic heterocycles. The number of fused-ring (bicyclic) bond motifs is 3. The van der Waals surface area contributed by atoms with Gasteiger partial charge in [0, 0.05) is 26.6 Å². The molecule has 0 saturated carbocycles. The first kappa shape index (κ1) is 23.3. The maximum atomic E-state index is 12.3. The molecule has 0 radical (unpaired) electrons. The number of aliphatic carboxylic acids is 1. The Bertz CT molecular complexity index is 946. The van der Waals surface area contributed by atoms with Gasteiger partial charge in [0.15, 0.2) is 0 Å². The number of benzene rings is 2. The third kappa shape index (κ3) is 5.08. The SMILES string of the molecule is COC(CNC(=O)OCC1c2ccccc2-c2ccccc21)CC(=O)N(C)[C@@H](C)C(=O)O. The average Bonchev–Trinajstić information content (AvgIpc) is 3.12. The molecule has 1 aliphatic carbocycles. The summed E-state index contributed by atoms with van der Waals surface area (Å²) in [6.45, 7) is 1.68. The third-order valence-electron chi connectivity index (χ3n) is 5.89. The fourth-order valence-electron chi connectivity index (χ4n) is 3.81. The first-order valence-corrected chi connectivity index (χ1v) is 10.4. The van der Waals surface area contributed by atoms with E-state index in [4.69, 9.17) is 14.6 Å². The zero-order chi connectivity index (χ0) is 23.3. The van der Waals surface area contributed by atoms with Crippen molar-refractivity contribution in [3.8, 4) is 11.1 Å². The van der Waals surface area contributed by atoms with E-state index in [2.05, 4.69) is 17.4 Å². The van der Waals surface area contributed by atoms with Gasteiger partial charge in [-0.2, -0.15) is 0 Å². The maximum absolute atomic E-state index is 12.3. The number of nitrogens with zero attached hydrogens (tertiary/aromatic N) is 1. The van der Waals surface area contributed by atoms with Gasteiger partial charge in [-0.3, -0.25) is 4.79 Å². The minimum absolute atomic E-state index is 0.0425.